The number of rotatable bonds is 4. The van der Waals surface area contributed by atoms with Crippen LogP contribution >= 0.6 is 11.6 Å². The van der Waals surface area contributed by atoms with Gasteiger partial charge in [0.25, 0.3) is 5.91 Å². The minimum atomic E-state index is -0.339. The molecular formula is C18H18ClNO5. The van der Waals surface area contributed by atoms with E-state index in [4.69, 9.17) is 30.5 Å². The number of nitrogens with one attached hydrogen (secondary N) is 1. The molecule has 0 saturated carbocycles. The Morgan fingerprint density at radius 1 is 1.04 bits per heavy atom. The van der Waals surface area contributed by atoms with Gasteiger partial charge in [0.05, 0.1) is 38.0 Å². The average Bonchev–Trinajstić information content (AvgIpc) is 2.85. The van der Waals surface area contributed by atoms with Gasteiger partial charge in [0.2, 0.25) is 0 Å². The van der Waals surface area contributed by atoms with E-state index >= 15 is 0 Å². The zero-order valence-electron chi connectivity index (χ0n) is 13.9. The van der Waals surface area contributed by atoms with E-state index in [0.29, 0.717) is 52.5 Å². The molecule has 1 heterocycles. The van der Waals surface area contributed by atoms with Gasteiger partial charge < -0.3 is 24.3 Å². The van der Waals surface area contributed by atoms with E-state index in [1.54, 1.807) is 30.3 Å². The molecule has 1 amide bonds. The minimum Gasteiger partial charge on any atom is -0.496 e. The van der Waals surface area contributed by atoms with Crippen LogP contribution in [0.1, 0.15) is 16.8 Å². The smallest absolute Gasteiger partial charge is 0.259 e. The highest BCUT2D eigenvalue weighted by atomic mass is 35.5. The van der Waals surface area contributed by atoms with Gasteiger partial charge in [0.1, 0.15) is 11.5 Å². The number of halogens is 1. The molecule has 1 N–H and O–H groups in total. The minimum absolute atomic E-state index is 0.339. The summed E-state index contributed by atoms with van der Waals surface area (Å²) >= 11 is 6.09. The van der Waals surface area contributed by atoms with Gasteiger partial charge in [0, 0.05) is 24.2 Å². The maximum atomic E-state index is 12.7. The van der Waals surface area contributed by atoms with Crippen molar-refractivity contribution in [2.24, 2.45) is 0 Å². The molecule has 0 aliphatic carbocycles. The van der Waals surface area contributed by atoms with Crippen LogP contribution in [0.15, 0.2) is 30.3 Å². The molecule has 0 spiro atoms. The van der Waals surface area contributed by atoms with Crippen molar-refractivity contribution in [1.29, 1.82) is 0 Å². The largest absolute Gasteiger partial charge is 0.496 e. The van der Waals surface area contributed by atoms with Crippen LogP contribution in [0.2, 0.25) is 5.02 Å². The summed E-state index contributed by atoms with van der Waals surface area (Å²) in [6, 6.07) is 8.30. The standard InChI is InChI=1S/C18H18ClNO5/c1-22-14-5-4-11(8-13(14)19)20-18(21)12-9-16-17(10-15(12)23-2)25-7-3-6-24-16/h4-5,8-10H,3,6-7H2,1-2H3,(H,20,21). The first-order valence-electron chi connectivity index (χ1n) is 7.75. The average molecular weight is 364 g/mol. The van der Waals surface area contributed by atoms with Crippen molar-refractivity contribution in [2.75, 3.05) is 32.8 Å². The molecule has 0 saturated heterocycles. The third-order valence-corrected chi connectivity index (χ3v) is 4.02. The van der Waals surface area contributed by atoms with E-state index in [1.807, 2.05) is 0 Å². The SMILES string of the molecule is COc1ccc(NC(=O)c2cc3c(cc2OC)OCCCO3)cc1Cl. The van der Waals surface area contributed by atoms with Crippen molar-refractivity contribution < 1.29 is 23.7 Å². The zero-order chi connectivity index (χ0) is 17.8. The van der Waals surface area contributed by atoms with Crippen LogP contribution in [-0.2, 0) is 0 Å². The van der Waals surface area contributed by atoms with Gasteiger partial charge in [-0.1, -0.05) is 11.6 Å². The molecule has 6 nitrogen and oxygen atoms in total. The lowest BCUT2D eigenvalue weighted by atomic mass is 10.1. The Morgan fingerprint density at radius 3 is 2.36 bits per heavy atom. The zero-order valence-corrected chi connectivity index (χ0v) is 14.7. The fourth-order valence-electron chi connectivity index (χ4n) is 2.48. The highest BCUT2D eigenvalue weighted by Crippen LogP contribution is 2.37. The molecule has 0 bridgehead atoms. The molecule has 1 aliphatic rings. The van der Waals surface area contributed by atoms with Gasteiger partial charge >= 0.3 is 0 Å². The number of benzene rings is 2. The maximum absolute atomic E-state index is 12.7. The van der Waals surface area contributed by atoms with Crippen LogP contribution < -0.4 is 24.3 Å². The van der Waals surface area contributed by atoms with Crippen molar-refractivity contribution >= 4 is 23.2 Å². The normalized spacial score (nSPS) is 12.9. The van der Waals surface area contributed by atoms with Crippen molar-refractivity contribution in [3.8, 4) is 23.0 Å². The molecule has 3 rings (SSSR count). The van der Waals surface area contributed by atoms with E-state index < -0.39 is 0 Å². The summed E-state index contributed by atoms with van der Waals surface area (Å²) in [5.41, 5.74) is 0.892. The number of hydrogen-bond donors (Lipinski definition) is 1. The van der Waals surface area contributed by atoms with Crippen LogP contribution in [0.5, 0.6) is 23.0 Å². The van der Waals surface area contributed by atoms with Crippen molar-refractivity contribution in [3.05, 3.63) is 40.9 Å². The summed E-state index contributed by atoms with van der Waals surface area (Å²) in [7, 11) is 3.03. The molecule has 0 unspecified atom stereocenters. The van der Waals surface area contributed by atoms with Gasteiger partial charge in [0.15, 0.2) is 11.5 Å². The van der Waals surface area contributed by atoms with Gasteiger partial charge in [-0.2, -0.15) is 0 Å². The predicted molar refractivity (Wildman–Crippen MR) is 94.6 cm³/mol. The molecule has 0 fully saturated rings. The third kappa shape index (κ3) is 3.74. The van der Waals surface area contributed by atoms with E-state index in [0.717, 1.165) is 6.42 Å². The Morgan fingerprint density at radius 2 is 1.72 bits per heavy atom. The van der Waals surface area contributed by atoms with Gasteiger partial charge in [-0.3, -0.25) is 4.79 Å². The Balaban J connectivity index is 1.88. The number of carbonyl (C=O) groups is 1. The number of anilines is 1. The van der Waals surface area contributed by atoms with Crippen LogP contribution in [0.25, 0.3) is 0 Å². The molecule has 0 atom stereocenters. The van der Waals surface area contributed by atoms with Crippen LogP contribution in [0.4, 0.5) is 5.69 Å². The quantitative estimate of drug-likeness (QED) is 0.895. The number of carbonyl (C=O) groups excluding carboxylic acids is 1. The molecule has 1 aliphatic heterocycles. The van der Waals surface area contributed by atoms with E-state index in [-0.39, 0.29) is 5.91 Å². The molecule has 132 valence electrons. The van der Waals surface area contributed by atoms with Crippen LogP contribution in [0.3, 0.4) is 0 Å². The Bertz CT molecular complexity index is 793. The number of ether oxygens (including phenoxy) is 4. The number of amides is 1. The molecular weight excluding hydrogens is 346 g/mol. The first-order chi connectivity index (χ1) is 12.1. The lowest BCUT2D eigenvalue weighted by Gasteiger charge is -2.14. The summed E-state index contributed by atoms with van der Waals surface area (Å²) in [6.45, 7) is 1.10. The van der Waals surface area contributed by atoms with Gasteiger partial charge in [-0.05, 0) is 18.2 Å². The summed E-state index contributed by atoms with van der Waals surface area (Å²) < 4.78 is 21.7. The lowest BCUT2D eigenvalue weighted by molar-refractivity contribution is 0.102. The molecule has 0 aromatic heterocycles. The summed E-state index contributed by atoms with van der Waals surface area (Å²) in [4.78, 5) is 12.7. The van der Waals surface area contributed by atoms with Crippen LogP contribution in [-0.4, -0.2) is 33.3 Å². The second-order valence-corrected chi connectivity index (χ2v) is 5.76. The van der Waals surface area contributed by atoms with Crippen molar-refractivity contribution in [2.45, 2.75) is 6.42 Å². The van der Waals surface area contributed by atoms with Crippen LogP contribution in [0, 0.1) is 0 Å². The highest BCUT2D eigenvalue weighted by Gasteiger charge is 2.20. The number of methoxy groups -OCH3 is 2. The van der Waals surface area contributed by atoms with E-state index in [1.165, 1.54) is 14.2 Å². The molecule has 25 heavy (non-hydrogen) atoms. The second-order valence-electron chi connectivity index (χ2n) is 5.35. The summed E-state index contributed by atoms with van der Waals surface area (Å²) in [6.07, 6.45) is 0.781. The Labute approximate surface area is 150 Å². The molecule has 7 heteroatoms. The second kappa shape index (κ2) is 7.53. The Hall–Kier alpha value is -2.60. The van der Waals surface area contributed by atoms with Gasteiger partial charge in [-0.25, -0.2) is 0 Å². The summed E-state index contributed by atoms with van der Waals surface area (Å²) in [5, 5.41) is 3.20. The molecule has 0 radical (unpaired) electrons. The number of fused-ring (bicyclic) bond motifs is 1. The fraction of sp³-hybridized carbons (Fsp3) is 0.278. The monoisotopic (exact) mass is 363 g/mol. The molecule has 2 aromatic carbocycles. The fourth-order valence-corrected chi connectivity index (χ4v) is 2.74. The van der Waals surface area contributed by atoms with E-state index in [9.17, 15) is 4.79 Å². The number of hydrogen-bond acceptors (Lipinski definition) is 5. The van der Waals surface area contributed by atoms with Crippen molar-refractivity contribution in [1.82, 2.24) is 0 Å². The molecule has 2 aromatic rings. The third-order valence-electron chi connectivity index (χ3n) is 3.72. The predicted octanol–water partition coefficient (Wildman–Crippen LogP) is 3.77. The maximum Gasteiger partial charge on any atom is 0.259 e. The topological polar surface area (TPSA) is 66.0 Å². The first kappa shape index (κ1) is 17.2. The lowest BCUT2D eigenvalue weighted by Crippen LogP contribution is -2.13. The van der Waals surface area contributed by atoms with Crippen molar-refractivity contribution in [3.63, 3.8) is 0 Å². The Kier molecular flexibility index (Phi) is 5.19. The highest BCUT2D eigenvalue weighted by molar-refractivity contribution is 6.32. The van der Waals surface area contributed by atoms with Gasteiger partial charge in [-0.15, -0.1) is 0 Å². The first-order valence-corrected chi connectivity index (χ1v) is 8.12. The van der Waals surface area contributed by atoms with E-state index in [2.05, 4.69) is 5.32 Å². The summed E-state index contributed by atoms with van der Waals surface area (Å²) in [5.74, 6) is 1.69.